The number of hydrogen-bond acceptors (Lipinski definition) is 6. The summed E-state index contributed by atoms with van der Waals surface area (Å²) in [6.45, 7) is 6.68. The van der Waals surface area contributed by atoms with Crippen molar-refractivity contribution in [3.05, 3.63) is 32.4 Å². The maximum Gasteiger partial charge on any atom is 0.418 e. The first-order valence-corrected chi connectivity index (χ1v) is 9.47. The van der Waals surface area contributed by atoms with Gasteiger partial charge < -0.3 is 9.47 Å². The zero-order valence-electron chi connectivity index (χ0n) is 13.0. The van der Waals surface area contributed by atoms with E-state index in [9.17, 15) is 18.0 Å². The van der Waals surface area contributed by atoms with E-state index < -0.39 is 22.5 Å². The molecule has 9 nitrogen and oxygen atoms in total. The molecule has 1 fully saturated rings. The van der Waals surface area contributed by atoms with Crippen molar-refractivity contribution in [3.63, 3.8) is 0 Å². The van der Waals surface area contributed by atoms with Gasteiger partial charge in [-0.05, 0) is 19.8 Å². The third kappa shape index (κ3) is 3.11. The van der Waals surface area contributed by atoms with Crippen LogP contribution in [0.4, 0.5) is 4.79 Å². The van der Waals surface area contributed by atoms with Crippen LogP contribution in [0.3, 0.4) is 0 Å². The average Bonchev–Trinajstić information content (AvgIpc) is 2.89. The smallest absolute Gasteiger partial charge is 0.314 e. The Kier molecular flexibility index (Phi) is 4.28. The second-order valence-electron chi connectivity index (χ2n) is 5.90. The molecule has 1 unspecified atom stereocenters. The van der Waals surface area contributed by atoms with Gasteiger partial charge in [-0.1, -0.05) is 16.9 Å². The van der Waals surface area contributed by atoms with Crippen LogP contribution in [0.1, 0.15) is 36.4 Å². The first kappa shape index (κ1) is 17.1. The fourth-order valence-corrected chi connectivity index (χ4v) is 4.43. The summed E-state index contributed by atoms with van der Waals surface area (Å²) < 4.78 is 36.8. The van der Waals surface area contributed by atoms with Gasteiger partial charge in [0.05, 0.1) is 23.7 Å². The summed E-state index contributed by atoms with van der Waals surface area (Å²) in [4.78, 5) is 26.3. The quantitative estimate of drug-likeness (QED) is 0.593. The lowest BCUT2D eigenvalue weighted by Gasteiger charge is -2.22. The second-order valence-corrected chi connectivity index (χ2v) is 7.90. The number of allylic oxidation sites excluding steroid dienone is 1. The van der Waals surface area contributed by atoms with Crippen molar-refractivity contribution in [2.45, 2.75) is 38.9 Å². The highest BCUT2D eigenvalue weighted by Crippen LogP contribution is 2.39. The molecule has 1 aromatic heterocycles. The van der Waals surface area contributed by atoms with Gasteiger partial charge in [-0.25, -0.2) is 4.79 Å². The van der Waals surface area contributed by atoms with Crippen molar-refractivity contribution in [2.75, 3.05) is 6.54 Å². The highest BCUT2D eigenvalue weighted by Gasteiger charge is 2.48. The third-order valence-corrected chi connectivity index (χ3v) is 5.44. The number of amides is 2. The van der Waals surface area contributed by atoms with Crippen LogP contribution in [-0.2, 0) is 27.8 Å². The first-order chi connectivity index (χ1) is 11.2. The molecule has 0 radical (unpaired) electrons. The molecule has 132 valence electrons. The van der Waals surface area contributed by atoms with Gasteiger partial charge in [0, 0.05) is 6.54 Å². The molecule has 0 spiro atoms. The molecule has 1 N–H and O–H groups in total. The second kappa shape index (κ2) is 5.99. The fourth-order valence-electron chi connectivity index (χ4n) is 2.96. The van der Waals surface area contributed by atoms with Crippen molar-refractivity contribution in [1.29, 1.82) is 0 Å². The summed E-state index contributed by atoms with van der Waals surface area (Å²) in [5.74, 6) is 0. The number of hydroxylamine groups is 2. The number of aromatic nitrogens is 1. The predicted molar refractivity (Wildman–Crippen MR) is 85.6 cm³/mol. The number of rotatable bonds is 6. The Labute approximate surface area is 142 Å². The van der Waals surface area contributed by atoms with E-state index >= 15 is 0 Å². The number of hydrogen-bond donors (Lipinski definition) is 1. The van der Waals surface area contributed by atoms with Crippen LogP contribution in [0.15, 0.2) is 16.9 Å². The largest absolute Gasteiger partial charge is 0.418 e. The van der Waals surface area contributed by atoms with Gasteiger partial charge >= 0.3 is 21.3 Å². The minimum absolute atomic E-state index is 0.158. The van der Waals surface area contributed by atoms with Gasteiger partial charge in [0.25, 0.3) is 0 Å². The summed E-state index contributed by atoms with van der Waals surface area (Å²) >= 11 is 0.975. The Hall–Kier alpha value is -1.69. The number of carbonyl (C=O) groups excluding carboxylic acids is 1. The number of urea groups is 1. The first-order valence-electron chi connectivity index (χ1n) is 7.29. The minimum atomic E-state index is -4.82. The van der Waals surface area contributed by atoms with Crippen LogP contribution in [0.5, 0.6) is 0 Å². The lowest BCUT2D eigenvalue weighted by molar-refractivity contribution is -0.0308. The third-order valence-electron chi connectivity index (χ3n) is 3.97. The standard InChI is InChI=1S/C13H17N3O6S2/c1-8(2)4-3-5-15-9-6-14-7-10(11(9)23-13(15)18)16(12(14)17)22-24(19,20)21/h10H,1,3-7H2,2H3,(H,19,20,21). The molecule has 1 atom stereocenters. The Morgan fingerprint density at radius 1 is 1.46 bits per heavy atom. The van der Waals surface area contributed by atoms with Crippen molar-refractivity contribution in [2.24, 2.45) is 0 Å². The highest BCUT2D eigenvalue weighted by molar-refractivity contribution is 7.80. The monoisotopic (exact) mass is 375 g/mol. The van der Waals surface area contributed by atoms with Crippen LogP contribution in [0.2, 0.25) is 0 Å². The predicted octanol–water partition coefficient (Wildman–Crippen LogP) is 1.29. The summed E-state index contributed by atoms with van der Waals surface area (Å²) in [7, 11) is -4.82. The van der Waals surface area contributed by atoms with Crippen LogP contribution < -0.4 is 4.87 Å². The zero-order chi connectivity index (χ0) is 17.6. The SMILES string of the molecule is C=C(C)CCCn1c2c(sc1=O)C1CN(C2)C(=O)N1OS(=O)(=O)O. The van der Waals surface area contributed by atoms with Gasteiger partial charge in [0.2, 0.25) is 0 Å². The van der Waals surface area contributed by atoms with Gasteiger partial charge in [0.1, 0.15) is 6.04 Å². The topological polar surface area (TPSA) is 109 Å². The van der Waals surface area contributed by atoms with Crippen molar-refractivity contribution in [1.82, 2.24) is 14.5 Å². The fraction of sp³-hybridized carbons (Fsp3) is 0.538. The van der Waals surface area contributed by atoms with Crippen molar-refractivity contribution >= 4 is 27.8 Å². The minimum Gasteiger partial charge on any atom is -0.314 e. The molecule has 0 aliphatic carbocycles. The molecule has 2 aliphatic heterocycles. The lowest BCUT2D eigenvalue weighted by atomic mass is 10.1. The average molecular weight is 375 g/mol. The molecule has 1 aromatic rings. The number of thiazole rings is 1. The Morgan fingerprint density at radius 2 is 2.17 bits per heavy atom. The molecule has 2 aliphatic rings. The molecular weight excluding hydrogens is 358 g/mol. The van der Waals surface area contributed by atoms with E-state index in [1.54, 1.807) is 4.57 Å². The number of nitrogens with zero attached hydrogens (tertiary/aromatic N) is 3. The summed E-state index contributed by atoms with van der Waals surface area (Å²) in [5.41, 5.74) is 1.72. The Bertz CT molecular complexity index is 856. The number of carbonyl (C=O) groups is 1. The van der Waals surface area contributed by atoms with Crippen LogP contribution >= 0.6 is 11.3 Å². The maximum atomic E-state index is 12.3. The summed E-state index contributed by atoms with van der Waals surface area (Å²) in [6.07, 6.45) is 1.55. The zero-order valence-corrected chi connectivity index (χ0v) is 14.6. The van der Waals surface area contributed by atoms with Gasteiger partial charge in [-0.3, -0.25) is 9.35 Å². The molecule has 0 aromatic carbocycles. The molecule has 3 heterocycles. The van der Waals surface area contributed by atoms with Gasteiger partial charge in [-0.15, -0.1) is 10.9 Å². The van der Waals surface area contributed by atoms with Crippen LogP contribution in [0, 0.1) is 0 Å². The molecule has 24 heavy (non-hydrogen) atoms. The van der Waals surface area contributed by atoms with E-state index in [1.165, 1.54) is 4.90 Å². The van der Waals surface area contributed by atoms with Gasteiger partial charge in [0.15, 0.2) is 0 Å². The molecule has 1 saturated heterocycles. The summed E-state index contributed by atoms with van der Waals surface area (Å²) in [6, 6.07) is -1.37. The Balaban J connectivity index is 1.91. The van der Waals surface area contributed by atoms with Gasteiger partial charge in [-0.2, -0.15) is 13.5 Å². The number of fused-ring (bicyclic) bond motifs is 4. The molecular formula is C13H17N3O6S2. The van der Waals surface area contributed by atoms with E-state index in [0.717, 1.165) is 29.8 Å². The van der Waals surface area contributed by atoms with Crippen LogP contribution in [0.25, 0.3) is 0 Å². The van der Waals surface area contributed by atoms with E-state index in [0.29, 0.717) is 22.2 Å². The molecule has 0 saturated carbocycles. The normalized spacial score (nSPS) is 19.8. The van der Waals surface area contributed by atoms with E-state index in [4.69, 9.17) is 4.55 Å². The molecule has 2 bridgehead atoms. The lowest BCUT2D eigenvalue weighted by Crippen LogP contribution is -2.33. The molecule has 11 heteroatoms. The van der Waals surface area contributed by atoms with E-state index in [-0.39, 0.29) is 18.0 Å². The highest BCUT2D eigenvalue weighted by atomic mass is 32.3. The summed E-state index contributed by atoms with van der Waals surface area (Å²) in [5, 5.41) is 0.620. The van der Waals surface area contributed by atoms with Crippen molar-refractivity contribution < 1.29 is 22.0 Å². The Morgan fingerprint density at radius 3 is 2.79 bits per heavy atom. The molecule has 2 amide bonds. The molecule has 3 rings (SSSR count). The van der Waals surface area contributed by atoms with Crippen molar-refractivity contribution in [3.8, 4) is 0 Å². The van der Waals surface area contributed by atoms with E-state index in [2.05, 4.69) is 10.9 Å². The van der Waals surface area contributed by atoms with Crippen LogP contribution in [-0.4, -0.2) is 40.1 Å². The van der Waals surface area contributed by atoms with E-state index in [1.807, 2.05) is 6.92 Å². The maximum absolute atomic E-state index is 12.3.